The summed E-state index contributed by atoms with van der Waals surface area (Å²) in [6.45, 7) is 1.01. The number of aromatic nitrogens is 1. The number of nitrogens with one attached hydrogen (secondary N) is 13. The maximum Gasteiger partial charge on any atom is 0.433 e. The fourth-order valence-corrected chi connectivity index (χ4v) is 5.97. The predicted octanol–water partition coefficient (Wildman–Crippen LogP) is -4.15. The molecule has 0 aliphatic heterocycles. The van der Waals surface area contributed by atoms with E-state index in [0.717, 1.165) is 12.1 Å². The number of aliphatic hydroxyl groups excluding tert-OH is 1. The third-order valence-corrected chi connectivity index (χ3v) is 8.82. The Labute approximate surface area is 384 Å². The number of rotatable bonds is 20. The Balaban J connectivity index is 2.01. The van der Waals surface area contributed by atoms with Crippen molar-refractivity contribution >= 4 is 75.9 Å². The molecule has 24 N–H and O–H groups in total. The van der Waals surface area contributed by atoms with E-state index in [1.54, 1.807) is 0 Å². The first-order chi connectivity index (χ1) is 32.0. The zero-order chi connectivity index (χ0) is 52.1. The molecular weight excluding hydrogens is 939 g/mol. The molecule has 0 fully saturated rings. The lowest BCUT2D eigenvalue weighted by Crippen LogP contribution is -2.68. The molecule has 3 aromatic rings. The Morgan fingerprint density at radius 2 is 1.06 bits per heavy atom. The van der Waals surface area contributed by atoms with Crippen LogP contribution in [0.2, 0.25) is 0 Å². The van der Waals surface area contributed by atoms with Crippen molar-refractivity contribution in [1.82, 2.24) is 52.8 Å². The number of carbonyl (C=O) groups is 6. The number of alkyl halides is 6. The van der Waals surface area contributed by atoms with Gasteiger partial charge in [0.05, 0.1) is 16.8 Å². The van der Waals surface area contributed by atoms with E-state index in [4.69, 9.17) is 50.3 Å². The van der Waals surface area contributed by atoms with Crippen LogP contribution in [0.5, 0.6) is 0 Å². The third kappa shape index (κ3) is 15.3. The maximum absolute atomic E-state index is 14.1. The first-order valence-electron chi connectivity index (χ1n) is 19.4. The summed E-state index contributed by atoms with van der Waals surface area (Å²) in [5.41, 5.74) is 21.2. The lowest BCUT2D eigenvalue weighted by Gasteiger charge is -2.32. The molecule has 33 heteroatoms. The van der Waals surface area contributed by atoms with Crippen molar-refractivity contribution < 1.29 is 60.2 Å². The second kappa shape index (κ2) is 23.0. The number of guanidine groups is 4. The standard InChI is InChI=1S/C36H46F6N20O7/c1-2-11-62(16-12-17(36(40,41)42)52-19-14(16)9-6-10-15(19)35(37,38)39)30(69)29(68)53-18(13-7-4-3-5-8-13)25(64)55-22(59-32(46)47)27(66)57-24(61-34(50)51)28(67)56-23(60-33(48)49)26(65)54-21(20(43)63)58-31(44)45/h3-10,12,18,21-24,30,69H,2,11H2,1H3,(H2,43,63)(H,53,68)(H,54,65)(H,55,64)(H,56,67)(H,57,66)(H4,44,45,58)(H4,46,47,59)(H4,48,49,60)(H4,50,51,61). The molecule has 374 valence electrons. The maximum atomic E-state index is 14.1. The summed E-state index contributed by atoms with van der Waals surface area (Å²) >= 11 is 0. The molecule has 6 atom stereocenters. The van der Waals surface area contributed by atoms with Crippen LogP contribution in [0.1, 0.15) is 36.2 Å². The second-order valence-corrected chi connectivity index (χ2v) is 14.0. The van der Waals surface area contributed by atoms with E-state index >= 15 is 0 Å². The predicted molar refractivity (Wildman–Crippen MR) is 230 cm³/mol. The van der Waals surface area contributed by atoms with Crippen LogP contribution in [0.4, 0.5) is 32.0 Å². The summed E-state index contributed by atoms with van der Waals surface area (Å²) in [5, 5.41) is 59.4. The van der Waals surface area contributed by atoms with Crippen LogP contribution < -0.4 is 81.4 Å². The Kier molecular flexibility index (Phi) is 18.1. The Morgan fingerprint density at radius 1 is 0.609 bits per heavy atom. The molecule has 0 spiro atoms. The summed E-state index contributed by atoms with van der Waals surface area (Å²) in [6, 6.07) is 7.49. The van der Waals surface area contributed by atoms with E-state index in [2.05, 4.69) is 20.9 Å². The van der Waals surface area contributed by atoms with Gasteiger partial charge in [-0.05, 0) is 24.1 Å². The number of carbonyl (C=O) groups excluding carboxylic acids is 6. The van der Waals surface area contributed by atoms with Gasteiger partial charge in [-0.1, -0.05) is 49.4 Å². The number of aliphatic hydroxyl groups is 1. The number of hydrogen-bond acceptors (Lipinski definition) is 13. The minimum atomic E-state index is -5.32. The average molecular weight is 985 g/mol. The largest absolute Gasteiger partial charge is 0.433 e. The molecule has 2 aromatic carbocycles. The monoisotopic (exact) mass is 984 g/mol. The minimum Gasteiger partial charge on any atom is -0.370 e. The highest BCUT2D eigenvalue weighted by molar-refractivity contribution is 6.01. The Bertz CT molecular complexity index is 2460. The molecule has 0 saturated carbocycles. The quantitative estimate of drug-likeness (QED) is 0.0221. The number of para-hydroxylation sites is 1. The number of nitrogens with two attached hydrogens (primary N) is 5. The van der Waals surface area contributed by atoms with Gasteiger partial charge in [0.1, 0.15) is 11.7 Å². The molecule has 0 aliphatic rings. The number of nitrogens with zero attached hydrogens (tertiary/aromatic N) is 2. The smallest absolute Gasteiger partial charge is 0.370 e. The topological polar surface area (TPSA) is 473 Å². The van der Waals surface area contributed by atoms with Gasteiger partial charge in [-0.3, -0.25) is 50.4 Å². The number of benzene rings is 2. The zero-order valence-electron chi connectivity index (χ0n) is 35.5. The first kappa shape index (κ1) is 54.4. The van der Waals surface area contributed by atoms with Gasteiger partial charge in [0.2, 0.25) is 12.1 Å². The van der Waals surface area contributed by atoms with Crippen LogP contribution >= 0.6 is 0 Å². The number of amides is 6. The normalized spacial score (nSPS) is 13.9. The van der Waals surface area contributed by atoms with E-state index in [1.165, 1.54) is 37.3 Å². The highest BCUT2D eigenvalue weighted by Crippen LogP contribution is 2.40. The van der Waals surface area contributed by atoms with Gasteiger partial charge in [-0.2, -0.15) is 26.3 Å². The van der Waals surface area contributed by atoms with Gasteiger partial charge in [0.15, 0.2) is 48.5 Å². The average Bonchev–Trinajstić information content (AvgIpc) is 3.24. The molecular formula is C36H46F6N20O7. The van der Waals surface area contributed by atoms with E-state index in [9.17, 15) is 60.2 Å². The van der Waals surface area contributed by atoms with Gasteiger partial charge in [0.25, 0.3) is 29.5 Å². The number of fused-ring (bicyclic) bond motifs is 1. The molecule has 27 nitrogen and oxygen atoms in total. The molecule has 0 aliphatic carbocycles. The summed E-state index contributed by atoms with van der Waals surface area (Å²) < 4.78 is 84.4. The molecule has 6 unspecified atom stereocenters. The molecule has 1 aromatic heterocycles. The Morgan fingerprint density at radius 3 is 1.48 bits per heavy atom. The van der Waals surface area contributed by atoms with Gasteiger partial charge in [-0.15, -0.1) is 0 Å². The molecule has 0 radical (unpaired) electrons. The summed E-state index contributed by atoms with van der Waals surface area (Å²) in [4.78, 5) is 83.8. The van der Waals surface area contributed by atoms with Crippen LogP contribution in [-0.2, 0) is 41.1 Å². The van der Waals surface area contributed by atoms with E-state index in [0.29, 0.717) is 17.0 Å². The molecule has 0 bridgehead atoms. The van der Waals surface area contributed by atoms with Crippen LogP contribution in [0.25, 0.3) is 10.9 Å². The molecule has 0 saturated heterocycles. The number of hydrogen-bond donors (Lipinski definition) is 19. The van der Waals surface area contributed by atoms with Crippen molar-refractivity contribution in [2.75, 3.05) is 11.4 Å². The SMILES string of the molecule is CCCN(c1cc(C(F)(F)F)nc2c(C(F)(F)F)cccc12)C(O)C(=O)NC(C(=O)NC(NC(=N)N)C(=O)NC(NC(=N)N)C(=O)NC(NC(=N)N)C(=O)NC(NC(=N)N)C(N)=O)c1ccccc1. The second-order valence-electron chi connectivity index (χ2n) is 14.0. The van der Waals surface area contributed by atoms with E-state index in [1.807, 2.05) is 31.9 Å². The molecule has 3 rings (SSSR count). The lowest BCUT2D eigenvalue weighted by molar-refractivity contribution is -0.142. The van der Waals surface area contributed by atoms with Crippen molar-refractivity contribution in [2.45, 2.75) is 62.6 Å². The fourth-order valence-electron chi connectivity index (χ4n) is 5.97. The van der Waals surface area contributed by atoms with Crippen molar-refractivity contribution in [3.63, 3.8) is 0 Å². The summed E-state index contributed by atoms with van der Waals surface area (Å²) in [7, 11) is 0. The van der Waals surface area contributed by atoms with Gasteiger partial charge in [-0.25, -0.2) is 4.98 Å². The fraction of sp³-hybridized carbons (Fsp3) is 0.306. The van der Waals surface area contributed by atoms with Crippen molar-refractivity contribution in [1.29, 1.82) is 21.6 Å². The van der Waals surface area contributed by atoms with Gasteiger partial charge >= 0.3 is 12.4 Å². The van der Waals surface area contributed by atoms with Crippen molar-refractivity contribution in [2.24, 2.45) is 28.7 Å². The number of halogens is 6. The van der Waals surface area contributed by atoms with Crippen LogP contribution in [0, 0.1) is 21.6 Å². The van der Waals surface area contributed by atoms with Gasteiger partial charge < -0.3 is 86.5 Å². The van der Waals surface area contributed by atoms with E-state index in [-0.39, 0.29) is 12.0 Å². The summed E-state index contributed by atoms with van der Waals surface area (Å²) in [6.07, 6.45) is -21.4. The Hall–Kier alpha value is -8.91. The number of primary amides is 1. The van der Waals surface area contributed by atoms with Crippen LogP contribution in [0.3, 0.4) is 0 Å². The van der Waals surface area contributed by atoms with Crippen molar-refractivity contribution in [3.05, 3.63) is 71.4 Å². The lowest BCUT2D eigenvalue weighted by atomic mass is 10.0. The number of anilines is 1. The highest BCUT2D eigenvalue weighted by atomic mass is 19.4. The van der Waals surface area contributed by atoms with Gasteiger partial charge in [0, 0.05) is 11.9 Å². The van der Waals surface area contributed by atoms with E-state index < -0.39 is 143 Å². The zero-order valence-corrected chi connectivity index (χ0v) is 35.5. The highest BCUT2D eigenvalue weighted by Gasteiger charge is 2.40. The van der Waals surface area contributed by atoms with Crippen molar-refractivity contribution in [3.8, 4) is 0 Å². The minimum absolute atomic E-state index is 0.0163. The van der Waals surface area contributed by atoms with Crippen LogP contribution in [0.15, 0.2) is 54.6 Å². The first-order valence-corrected chi connectivity index (χ1v) is 19.4. The van der Waals surface area contributed by atoms with Crippen LogP contribution in [-0.4, -0.2) is 107 Å². The summed E-state index contributed by atoms with van der Waals surface area (Å²) in [5.74, 6) is -12.3. The number of pyridine rings is 1. The molecule has 6 amide bonds. The molecule has 69 heavy (non-hydrogen) atoms. The third-order valence-electron chi connectivity index (χ3n) is 8.82. The molecule has 1 heterocycles.